The number of aromatic nitrogens is 2. The van der Waals surface area contributed by atoms with Gasteiger partial charge in [-0.3, -0.25) is 4.68 Å². The molecule has 0 aliphatic carbocycles. The maximum absolute atomic E-state index is 5.81. The zero-order valence-electron chi connectivity index (χ0n) is 13.6. The van der Waals surface area contributed by atoms with Gasteiger partial charge < -0.3 is 10.1 Å². The topological polar surface area (TPSA) is 39.1 Å². The quantitative estimate of drug-likeness (QED) is 0.795. The van der Waals surface area contributed by atoms with Crippen LogP contribution < -0.4 is 5.32 Å². The molecule has 0 radical (unpaired) electrons. The highest BCUT2D eigenvalue weighted by Gasteiger charge is 2.12. The first kappa shape index (κ1) is 16.0. The third-order valence-corrected chi connectivity index (χ3v) is 3.29. The molecular weight excluding hydrogens is 262 g/mol. The Kier molecular flexibility index (Phi) is 5.37. The van der Waals surface area contributed by atoms with Crippen molar-refractivity contribution in [3.05, 3.63) is 30.0 Å². The summed E-state index contributed by atoms with van der Waals surface area (Å²) in [7, 11) is 0. The molecule has 1 heterocycles. The number of benzene rings is 1. The summed E-state index contributed by atoms with van der Waals surface area (Å²) in [6.07, 6.45) is 1.14. The van der Waals surface area contributed by atoms with Crippen molar-refractivity contribution in [3.8, 4) is 0 Å². The van der Waals surface area contributed by atoms with Crippen molar-refractivity contribution in [2.75, 3.05) is 13.2 Å². The molecule has 0 aliphatic heterocycles. The van der Waals surface area contributed by atoms with Crippen LogP contribution in [0.3, 0.4) is 0 Å². The Bertz CT molecular complexity index is 569. The first-order valence-corrected chi connectivity index (χ1v) is 7.80. The molecule has 0 unspecified atom stereocenters. The molecule has 0 amide bonds. The van der Waals surface area contributed by atoms with E-state index in [0.717, 1.165) is 31.7 Å². The van der Waals surface area contributed by atoms with E-state index in [1.165, 1.54) is 10.9 Å². The van der Waals surface area contributed by atoms with Crippen LogP contribution in [-0.2, 0) is 17.8 Å². The van der Waals surface area contributed by atoms with Gasteiger partial charge in [0.05, 0.1) is 30.0 Å². The minimum atomic E-state index is -0.103. The van der Waals surface area contributed by atoms with Gasteiger partial charge in [-0.1, -0.05) is 25.1 Å². The SMILES string of the molecule is CCCNCc1nn(CCOC(C)(C)C)c2ccccc12. The van der Waals surface area contributed by atoms with Crippen molar-refractivity contribution >= 4 is 10.9 Å². The van der Waals surface area contributed by atoms with Crippen LogP contribution in [0.1, 0.15) is 39.8 Å². The Labute approximate surface area is 127 Å². The molecular formula is C17H27N3O. The maximum atomic E-state index is 5.81. The lowest BCUT2D eigenvalue weighted by Gasteiger charge is -2.19. The average Bonchev–Trinajstić information content (AvgIpc) is 2.77. The van der Waals surface area contributed by atoms with Crippen LogP contribution in [0.25, 0.3) is 10.9 Å². The predicted molar refractivity (Wildman–Crippen MR) is 87.4 cm³/mol. The molecule has 1 N–H and O–H groups in total. The number of hydrogen-bond acceptors (Lipinski definition) is 3. The summed E-state index contributed by atoms with van der Waals surface area (Å²) >= 11 is 0. The van der Waals surface area contributed by atoms with Gasteiger partial charge >= 0.3 is 0 Å². The van der Waals surface area contributed by atoms with Crippen LogP contribution >= 0.6 is 0 Å². The largest absolute Gasteiger partial charge is 0.374 e. The molecule has 4 nitrogen and oxygen atoms in total. The van der Waals surface area contributed by atoms with Crippen LogP contribution in [0.4, 0.5) is 0 Å². The van der Waals surface area contributed by atoms with E-state index in [9.17, 15) is 0 Å². The monoisotopic (exact) mass is 289 g/mol. The Morgan fingerprint density at radius 2 is 2.00 bits per heavy atom. The number of ether oxygens (including phenoxy) is 1. The van der Waals surface area contributed by atoms with Crippen LogP contribution in [0.5, 0.6) is 0 Å². The lowest BCUT2D eigenvalue weighted by atomic mass is 10.2. The van der Waals surface area contributed by atoms with Crippen molar-refractivity contribution in [1.82, 2.24) is 15.1 Å². The molecule has 0 aliphatic rings. The first-order valence-electron chi connectivity index (χ1n) is 7.80. The van der Waals surface area contributed by atoms with Crippen LogP contribution in [0.15, 0.2) is 24.3 Å². The second-order valence-electron chi connectivity index (χ2n) is 6.32. The molecule has 0 atom stereocenters. The smallest absolute Gasteiger partial charge is 0.0841 e. The zero-order valence-corrected chi connectivity index (χ0v) is 13.6. The van der Waals surface area contributed by atoms with E-state index in [4.69, 9.17) is 9.84 Å². The highest BCUT2D eigenvalue weighted by molar-refractivity contribution is 5.81. The molecule has 0 bridgehead atoms. The zero-order chi connectivity index (χ0) is 15.3. The highest BCUT2D eigenvalue weighted by Crippen LogP contribution is 2.18. The summed E-state index contributed by atoms with van der Waals surface area (Å²) in [6, 6.07) is 8.41. The standard InChI is InChI=1S/C17H27N3O/c1-5-10-18-13-15-14-8-6-7-9-16(14)20(19-15)11-12-21-17(2,3)4/h6-9,18H,5,10-13H2,1-4H3. The predicted octanol–water partition coefficient (Wildman–Crippen LogP) is 3.35. The van der Waals surface area contributed by atoms with Gasteiger partial charge in [0.2, 0.25) is 0 Å². The van der Waals surface area contributed by atoms with E-state index in [1.807, 2.05) is 0 Å². The van der Waals surface area contributed by atoms with Gasteiger partial charge in [0.25, 0.3) is 0 Å². The molecule has 0 saturated heterocycles. The van der Waals surface area contributed by atoms with Crippen molar-refractivity contribution in [2.24, 2.45) is 0 Å². The minimum Gasteiger partial charge on any atom is -0.374 e. The summed E-state index contributed by atoms with van der Waals surface area (Å²) in [4.78, 5) is 0. The number of para-hydroxylation sites is 1. The molecule has 21 heavy (non-hydrogen) atoms. The van der Waals surface area contributed by atoms with Crippen LogP contribution in [-0.4, -0.2) is 28.5 Å². The van der Waals surface area contributed by atoms with Crippen molar-refractivity contribution in [1.29, 1.82) is 0 Å². The average molecular weight is 289 g/mol. The Balaban J connectivity index is 2.11. The van der Waals surface area contributed by atoms with Crippen LogP contribution in [0, 0.1) is 0 Å². The number of nitrogens with zero attached hydrogens (tertiary/aromatic N) is 2. The summed E-state index contributed by atoms with van der Waals surface area (Å²) < 4.78 is 7.87. The fourth-order valence-corrected chi connectivity index (χ4v) is 2.32. The summed E-state index contributed by atoms with van der Waals surface area (Å²) in [5.41, 5.74) is 2.20. The summed E-state index contributed by atoms with van der Waals surface area (Å²) in [5.74, 6) is 0. The number of rotatable bonds is 7. The Morgan fingerprint density at radius 1 is 1.24 bits per heavy atom. The number of nitrogens with one attached hydrogen (secondary N) is 1. The molecule has 2 rings (SSSR count). The van der Waals surface area contributed by atoms with Crippen molar-refractivity contribution in [3.63, 3.8) is 0 Å². The van der Waals surface area contributed by atoms with Gasteiger partial charge in [-0.15, -0.1) is 0 Å². The highest BCUT2D eigenvalue weighted by atomic mass is 16.5. The van der Waals surface area contributed by atoms with E-state index < -0.39 is 0 Å². The van der Waals surface area contributed by atoms with E-state index >= 15 is 0 Å². The third-order valence-electron chi connectivity index (χ3n) is 3.29. The molecule has 0 saturated carbocycles. The minimum absolute atomic E-state index is 0.103. The first-order chi connectivity index (χ1) is 10.0. The van der Waals surface area contributed by atoms with E-state index in [0.29, 0.717) is 6.61 Å². The molecule has 0 fully saturated rings. The number of hydrogen-bond donors (Lipinski definition) is 1. The Hall–Kier alpha value is -1.39. The maximum Gasteiger partial charge on any atom is 0.0841 e. The van der Waals surface area contributed by atoms with E-state index in [-0.39, 0.29) is 5.60 Å². The van der Waals surface area contributed by atoms with Gasteiger partial charge in [0, 0.05) is 11.9 Å². The van der Waals surface area contributed by atoms with Gasteiger partial charge in [0.15, 0.2) is 0 Å². The lowest BCUT2D eigenvalue weighted by molar-refractivity contribution is -0.00752. The second kappa shape index (κ2) is 7.05. The van der Waals surface area contributed by atoms with Gasteiger partial charge in [-0.2, -0.15) is 5.10 Å². The molecule has 1 aromatic carbocycles. The van der Waals surface area contributed by atoms with E-state index in [2.05, 4.69) is 62.0 Å². The Morgan fingerprint density at radius 3 is 2.71 bits per heavy atom. The van der Waals surface area contributed by atoms with Gasteiger partial charge in [0.1, 0.15) is 0 Å². The van der Waals surface area contributed by atoms with Crippen molar-refractivity contribution < 1.29 is 4.74 Å². The van der Waals surface area contributed by atoms with Gasteiger partial charge in [-0.05, 0) is 39.8 Å². The van der Waals surface area contributed by atoms with Crippen LogP contribution in [0.2, 0.25) is 0 Å². The molecule has 4 heteroatoms. The molecule has 1 aromatic heterocycles. The lowest BCUT2D eigenvalue weighted by Crippen LogP contribution is -2.22. The summed E-state index contributed by atoms with van der Waals surface area (Å²) in [6.45, 7) is 11.7. The fraction of sp³-hybridized carbons (Fsp3) is 0.588. The molecule has 0 spiro atoms. The normalized spacial score (nSPS) is 12.2. The molecule has 116 valence electrons. The van der Waals surface area contributed by atoms with Gasteiger partial charge in [-0.25, -0.2) is 0 Å². The third kappa shape index (κ3) is 4.55. The number of fused-ring (bicyclic) bond motifs is 1. The fourth-order valence-electron chi connectivity index (χ4n) is 2.32. The molecule has 2 aromatic rings. The van der Waals surface area contributed by atoms with Crippen molar-refractivity contribution in [2.45, 2.75) is 52.8 Å². The van der Waals surface area contributed by atoms with E-state index in [1.54, 1.807) is 0 Å². The summed E-state index contributed by atoms with van der Waals surface area (Å²) in [5, 5.41) is 9.42. The second-order valence-corrected chi connectivity index (χ2v) is 6.32.